The molecule has 6 heteroatoms. The molecule has 2 unspecified atom stereocenters. The summed E-state index contributed by atoms with van der Waals surface area (Å²) in [6, 6.07) is 0.883. The maximum absolute atomic E-state index is 12.3. The van der Waals surface area contributed by atoms with Gasteiger partial charge < -0.3 is 14.5 Å². The molecular weight excluding hydrogens is 270 g/mol. The lowest BCUT2D eigenvalue weighted by atomic mass is 9.92. The summed E-state index contributed by atoms with van der Waals surface area (Å²) in [5.74, 6) is 3.32. The number of carbonyl (C=O) groups excluding carboxylic acids is 1. The average Bonchev–Trinajstić information content (AvgIpc) is 3.00. The number of likely N-dealkylation sites (N-methyl/N-ethyl adjacent to an activating group) is 1. The van der Waals surface area contributed by atoms with Crippen molar-refractivity contribution in [2.45, 2.75) is 38.0 Å². The third-order valence-electron chi connectivity index (χ3n) is 3.74. The minimum Gasteiger partial charge on any atom is -0.371 e. The van der Waals surface area contributed by atoms with Crippen LogP contribution in [0.15, 0.2) is 23.2 Å². The van der Waals surface area contributed by atoms with E-state index in [1.165, 1.54) is 9.80 Å². The summed E-state index contributed by atoms with van der Waals surface area (Å²) in [5.41, 5.74) is -0.634. The minimum absolute atomic E-state index is 0.254. The van der Waals surface area contributed by atoms with Gasteiger partial charge >= 0.3 is 6.03 Å². The average molecular weight is 289 g/mol. The molecule has 1 saturated heterocycles. The Hall–Kier alpha value is -2.26. The SMILES string of the molecule is C#CC(C)(C)c1cc(N2C(=O)N(C)C(CC=C)C2O)no1. The molecule has 2 atom stereocenters. The Morgan fingerprint density at radius 1 is 1.67 bits per heavy atom. The van der Waals surface area contributed by atoms with E-state index in [1.54, 1.807) is 19.2 Å². The standard InChI is InChI=1S/C15H19N3O3/c1-6-8-10-13(19)18(14(20)17(10)5)12-9-11(21-16-12)15(3,4)7-2/h2,6,9-10,13,19H,1,8H2,3-5H3. The Balaban J connectivity index is 2.33. The molecule has 0 radical (unpaired) electrons. The summed E-state index contributed by atoms with van der Waals surface area (Å²) in [6.07, 6.45) is 6.60. The molecule has 0 aromatic carbocycles. The number of hydrogen-bond acceptors (Lipinski definition) is 4. The molecule has 1 aromatic rings. The second-order valence-corrected chi connectivity index (χ2v) is 5.59. The first-order valence-corrected chi connectivity index (χ1v) is 6.63. The van der Waals surface area contributed by atoms with Crippen molar-refractivity contribution in [3.8, 4) is 12.3 Å². The molecule has 0 bridgehead atoms. The number of aromatic nitrogens is 1. The summed E-state index contributed by atoms with van der Waals surface area (Å²) in [6.45, 7) is 7.26. The summed E-state index contributed by atoms with van der Waals surface area (Å²) < 4.78 is 5.22. The normalized spacial score (nSPS) is 22.5. The zero-order chi connectivity index (χ0) is 15.8. The molecule has 0 aliphatic carbocycles. The van der Waals surface area contributed by atoms with Crippen molar-refractivity contribution >= 4 is 11.8 Å². The number of urea groups is 1. The molecule has 0 spiro atoms. The molecule has 1 aliphatic heterocycles. The second-order valence-electron chi connectivity index (χ2n) is 5.59. The predicted molar refractivity (Wildman–Crippen MR) is 78.6 cm³/mol. The molecule has 2 heterocycles. The molecule has 1 aromatic heterocycles. The number of carbonyl (C=O) groups is 1. The highest BCUT2D eigenvalue weighted by Gasteiger charge is 2.44. The van der Waals surface area contributed by atoms with Crippen LogP contribution in [0, 0.1) is 12.3 Å². The molecule has 21 heavy (non-hydrogen) atoms. The van der Waals surface area contributed by atoms with Crippen LogP contribution in [0.5, 0.6) is 0 Å². The van der Waals surface area contributed by atoms with E-state index in [-0.39, 0.29) is 17.9 Å². The number of aliphatic hydroxyl groups is 1. The van der Waals surface area contributed by atoms with E-state index >= 15 is 0 Å². The number of hydrogen-bond donors (Lipinski definition) is 1. The van der Waals surface area contributed by atoms with Crippen molar-refractivity contribution in [2.24, 2.45) is 0 Å². The van der Waals surface area contributed by atoms with Crippen LogP contribution in [-0.2, 0) is 5.41 Å². The lowest BCUT2D eigenvalue weighted by Crippen LogP contribution is -2.36. The van der Waals surface area contributed by atoms with Crippen LogP contribution in [-0.4, -0.2) is 40.5 Å². The van der Waals surface area contributed by atoms with E-state index in [0.717, 1.165) is 0 Å². The topological polar surface area (TPSA) is 69.8 Å². The largest absolute Gasteiger partial charge is 0.371 e. The van der Waals surface area contributed by atoms with Crippen LogP contribution in [0.2, 0.25) is 0 Å². The van der Waals surface area contributed by atoms with E-state index in [4.69, 9.17) is 10.9 Å². The number of rotatable bonds is 4. The van der Waals surface area contributed by atoms with Crippen LogP contribution in [0.3, 0.4) is 0 Å². The highest BCUT2D eigenvalue weighted by atomic mass is 16.5. The van der Waals surface area contributed by atoms with Gasteiger partial charge in [-0.3, -0.25) is 0 Å². The quantitative estimate of drug-likeness (QED) is 0.677. The Morgan fingerprint density at radius 3 is 2.90 bits per heavy atom. The summed E-state index contributed by atoms with van der Waals surface area (Å²) in [7, 11) is 1.63. The highest BCUT2D eigenvalue weighted by Crippen LogP contribution is 2.31. The Labute approximate surface area is 124 Å². The zero-order valence-corrected chi connectivity index (χ0v) is 12.4. The smallest absolute Gasteiger partial charge is 0.328 e. The number of nitrogens with zero attached hydrogens (tertiary/aromatic N) is 3. The molecule has 2 amide bonds. The van der Waals surface area contributed by atoms with Gasteiger partial charge in [0.05, 0.1) is 11.5 Å². The van der Waals surface area contributed by atoms with Gasteiger partial charge in [0.2, 0.25) is 0 Å². The second kappa shape index (κ2) is 5.26. The molecule has 0 saturated carbocycles. The summed E-state index contributed by atoms with van der Waals surface area (Å²) in [4.78, 5) is 14.9. The lowest BCUT2D eigenvalue weighted by Gasteiger charge is -2.19. The van der Waals surface area contributed by atoms with Crippen LogP contribution >= 0.6 is 0 Å². The third-order valence-corrected chi connectivity index (χ3v) is 3.74. The Kier molecular flexibility index (Phi) is 3.79. The van der Waals surface area contributed by atoms with Crippen molar-refractivity contribution in [2.75, 3.05) is 11.9 Å². The van der Waals surface area contributed by atoms with Crippen molar-refractivity contribution in [1.82, 2.24) is 10.1 Å². The number of aliphatic hydroxyl groups excluding tert-OH is 1. The monoisotopic (exact) mass is 289 g/mol. The molecule has 1 N–H and O–H groups in total. The fourth-order valence-electron chi connectivity index (χ4n) is 2.23. The van der Waals surface area contributed by atoms with E-state index in [1.807, 2.05) is 13.8 Å². The van der Waals surface area contributed by atoms with Gasteiger partial charge in [-0.15, -0.1) is 13.0 Å². The Morgan fingerprint density at radius 2 is 2.33 bits per heavy atom. The van der Waals surface area contributed by atoms with Gasteiger partial charge in [-0.2, -0.15) is 0 Å². The highest BCUT2D eigenvalue weighted by molar-refractivity contribution is 5.94. The number of anilines is 1. The van der Waals surface area contributed by atoms with Crippen molar-refractivity contribution < 1.29 is 14.4 Å². The first-order chi connectivity index (χ1) is 9.83. The van der Waals surface area contributed by atoms with E-state index in [0.29, 0.717) is 12.2 Å². The van der Waals surface area contributed by atoms with E-state index in [2.05, 4.69) is 17.7 Å². The van der Waals surface area contributed by atoms with Gasteiger partial charge in [0.1, 0.15) is 0 Å². The molecular formula is C15H19N3O3. The van der Waals surface area contributed by atoms with E-state index < -0.39 is 11.6 Å². The van der Waals surface area contributed by atoms with Gasteiger partial charge in [0.25, 0.3) is 0 Å². The van der Waals surface area contributed by atoms with Crippen LogP contribution in [0.4, 0.5) is 10.6 Å². The summed E-state index contributed by atoms with van der Waals surface area (Å²) >= 11 is 0. The third kappa shape index (κ3) is 2.41. The number of terminal acetylenes is 1. The van der Waals surface area contributed by atoms with Gasteiger partial charge in [-0.25, -0.2) is 9.69 Å². The predicted octanol–water partition coefficient (Wildman–Crippen LogP) is 1.72. The van der Waals surface area contributed by atoms with Crippen LogP contribution < -0.4 is 4.90 Å². The minimum atomic E-state index is -1.01. The van der Waals surface area contributed by atoms with Gasteiger partial charge in [0.15, 0.2) is 17.8 Å². The molecule has 112 valence electrons. The van der Waals surface area contributed by atoms with Crippen molar-refractivity contribution in [1.29, 1.82) is 0 Å². The zero-order valence-electron chi connectivity index (χ0n) is 12.4. The first kappa shape index (κ1) is 15.1. The van der Waals surface area contributed by atoms with Crippen molar-refractivity contribution in [3.05, 3.63) is 24.5 Å². The van der Waals surface area contributed by atoms with Gasteiger partial charge in [0, 0.05) is 13.1 Å². The van der Waals surface area contributed by atoms with Gasteiger partial charge in [-0.1, -0.05) is 17.2 Å². The molecule has 1 aliphatic rings. The Bertz CT molecular complexity index is 600. The van der Waals surface area contributed by atoms with Gasteiger partial charge in [-0.05, 0) is 20.3 Å². The maximum Gasteiger partial charge on any atom is 0.328 e. The molecule has 6 nitrogen and oxygen atoms in total. The fourth-order valence-corrected chi connectivity index (χ4v) is 2.23. The maximum atomic E-state index is 12.3. The number of amides is 2. The first-order valence-electron chi connectivity index (χ1n) is 6.63. The summed E-state index contributed by atoms with van der Waals surface area (Å²) in [5, 5.41) is 14.2. The lowest BCUT2D eigenvalue weighted by molar-refractivity contribution is 0.129. The van der Waals surface area contributed by atoms with Crippen LogP contribution in [0.25, 0.3) is 0 Å². The van der Waals surface area contributed by atoms with Crippen molar-refractivity contribution in [3.63, 3.8) is 0 Å². The molecule has 2 rings (SSSR count). The van der Waals surface area contributed by atoms with E-state index in [9.17, 15) is 9.90 Å². The van der Waals surface area contributed by atoms with Crippen LogP contribution in [0.1, 0.15) is 26.0 Å². The fraction of sp³-hybridized carbons (Fsp3) is 0.467. The molecule has 1 fully saturated rings.